The normalized spacial score (nSPS) is 19.7. The molecule has 8 heteroatoms. The number of ether oxygens (including phenoxy) is 1. The van der Waals surface area contributed by atoms with Gasteiger partial charge in [-0.3, -0.25) is 14.9 Å². The minimum atomic E-state index is -1.11. The van der Waals surface area contributed by atoms with Crippen LogP contribution in [0, 0.1) is 21.8 Å². The molecule has 0 N–H and O–H groups in total. The number of nitro groups is 1. The van der Waals surface area contributed by atoms with Crippen LogP contribution in [-0.2, 0) is 14.9 Å². The van der Waals surface area contributed by atoms with Crippen LogP contribution in [0.4, 0.5) is 10.1 Å². The summed E-state index contributed by atoms with van der Waals surface area (Å²) < 4.78 is 20.0. The van der Waals surface area contributed by atoms with E-state index < -0.39 is 22.1 Å². The average molecular weight is 537 g/mol. The van der Waals surface area contributed by atoms with Gasteiger partial charge in [-0.1, -0.05) is 65.2 Å². The molecule has 2 aromatic rings. The first-order chi connectivity index (χ1) is 16.3. The van der Waals surface area contributed by atoms with Gasteiger partial charge in [0.1, 0.15) is 17.4 Å². The summed E-state index contributed by atoms with van der Waals surface area (Å²) >= 11 is 3.18. The Morgan fingerprint density at radius 3 is 2.44 bits per heavy atom. The van der Waals surface area contributed by atoms with Gasteiger partial charge in [0.05, 0.1) is 27.1 Å². The van der Waals surface area contributed by atoms with E-state index in [1.807, 2.05) is 6.92 Å². The molecule has 1 aliphatic carbocycles. The van der Waals surface area contributed by atoms with Crippen LogP contribution in [0.25, 0.3) is 10.9 Å². The third-order valence-corrected chi connectivity index (χ3v) is 7.65. The van der Waals surface area contributed by atoms with E-state index in [4.69, 9.17) is 4.74 Å². The van der Waals surface area contributed by atoms with E-state index in [1.54, 1.807) is 0 Å². The number of hydrogen-bond acceptors (Lipinski definition) is 5. The lowest BCUT2D eigenvalue weighted by atomic mass is 9.57. The Hall–Kier alpha value is -2.09. The van der Waals surface area contributed by atoms with Crippen molar-refractivity contribution in [3.63, 3.8) is 0 Å². The maximum Gasteiger partial charge on any atom is 0.316 e. The molecule has 1 saturated carbocycles. The molecule has 1 aromatic heterocycles. The van der Waals surface area contributed by atoms with Crippen LogP contribution in [0.5, 0.6) is 0 Å². The lowest BCUT2D eigenvalue weighted by Crippen LogP contribution is -2.49. The first kappa shape index (κ1) is 26.5. The maximum absolute atomic E-state index is 14.1. The van der Waals surface area contributed by atoms with Crippen molar-refractivity contribution in [1.82, 2.24) is 4.98 Å². The number of halogens is 2. The topological polar surface area (TPSA) is 82.3 Å². The Bertz CT molecular complexity index is 1020. The number of esters is 1. The molecule has 0 atom stereocenters. The van der Waals surface area contributed by atoms with Crippen molar-refractivity contribution in [1.29, 1.82) is 0 Å². The second kappa shape index (κ2) is 12.0. The Morgan fingerprint density at radius 1 is 1.18 bits per heavy atom. The number of unbranched alkanes of at least 4 members (excludes halogenated alkanes) is 7. The van der Waals surface area contributed by atoms with Gasteiger partial charge < -0.3 is 4.74 Å². The van der Waals surface area contributed by atoms with Gasteiger partial charge in [-0.25, -0.2) is 9.37 Å². The van der Waals surface area contributed by atoms with Gasteiger partial charge in [-0.15, -0.1) is 0 Å². The largest absolute Gasteiger partial charge is 0.465 e. The molecule has 186 valence electrons. The summed E-state index contributed by atoms with van der Waals surface area (Å²) in [6.07, 6.45) is 12.1. The first-order valence-electron chi connectivity index (χ1n) is 12.4. The van der Waals surface area contributed by atoms with Crippen molar-refractivity contribution in [3.8, 4) is 0 Å². The summed E-state index contributed by atoms with van der Waals surface area (Å²) in [5.74, 6) is -0.648. The number of aromatic nitrogens is 1. The number of carbonyl (C=O) groups excluding carboxylic acids is 1. The van der Waals surface area contributed by atoms with E-state index in [0.717, 1.165) is 31.9 Å². The van der Waals surface area contributed by atoms with Gasteiger partial charge in [0, 0.05) is 11.5 Å². The lowest BCUT2D eigenvalue weighted by Gasteiger charge is -2.45. The zero-order valence-electron chi connectivity index (χ0n) is 20.1. The minimum Gasteiger partial charge on any atom is -0.465 e. The lowest BCUT2D eigenvalue weighted by molar-refractivity contribution is -0.386. The first-order valence-corrected chi connectivity index (χ1v) is 13.2. The van der Waals surface area contributed by atoms with Crippen molar-refractivity contribution >= 4 is 38.5 Å². The average Bonchev–Trinajstić information content (AvgIpc) is 2.78. The molecule has 0 aliphatic heterocycles. The Kier molecular flexibility index (Phi) is 9.39. The fraction of sp³-hybridized carbons (Fsp3) is 0.615. The number of fused-ring (bicyclic) bond motifs is 1. The summed E-state index contributed by atoms with van der Waals surface area (Å²) in [6, 6.07) is 2.73. The molecule has 0 unspecified atom stereocenters. The summed E-state index contributed by atoms with van der Waals surface area (Å²) in [6.45, 7) is 4.55. The molecule has 0 spiro atoms. The zero-order chi connectivity index (χ0) is 24.7. The minimum absolute atomic E-state index is 0.178. The van der Waals surface area contributed by atoms with Gasteiger partial charge in [-0.05, 0) is 47.2 Å². The quantitative estimate of drug-likeness (QED) is 0.113. The molecule has 3 rings (SSSR count). The molecule has 1 fully saturated rings. The Labute approximate surface area is 208 Å². The number of nitrogens with zero attached hydrogens (tertiary/aromatic N) is 2. The van der Waals surface area contributed by atoms with E-state index in [0.29, 0.717) is 30.4 Å². The Balaban J connectivity index is 1.80. The van der Waals surface area contributed by atoms with Crippen LogP contribution < -0.4 is 0 Å². The molecule has 0 bridgehead atoms. The fourth-order valence-electron chi connectivity index (χ4n) is 5.04. The van der Waals surface area contributed by atoms with Crippen molar-refractivity contribution in [2.45, 2.75) is 89.9 Å². The molecular formula is C26H34BrFN2O4. The molecule has 1 aromatic carbocycles. The van der Waals surface area contributed by atoms with Gasteiger partial charge in [0.2, 0.25) is 0 Å². The number of carbonyl (C=O) groups is 1. The van der Waals surface area contributed by atoms with Crippen LogP contribution in [0.1, 0.15) is 90.0 Å². The van der Waals surface area contributed by atoms with E-state index in [9.17, 15) is 19.3 Å². The van der Waals surface area contributed by atoms with Crippen LogP contribution >= 0.6 is 15.9 Å². The molecule has 0 saturated heterocycles. The molecular weight excluding hydrogens is 503 g/mol. The molecule has 0 amide bonds. The number of rotatable bonds is 13. The van der Waals surface area contributed by atoms with E-state index in [2.05, 4.69) is 27.8 Å². The monoisotopic (exact) mass is 536 g/mol. The third-order valence-electron chi connectivity index (χ3n) is 7.04. The highest BCUT2D eigenvalue weighted by Crippen LogP contribution is 2.54. The van der Waals surface area contributed by atoms with Crippen LogP contribution in [0.2, 0.25) is 0 Å². The second-order valence-corrected chi connectivity index (χ2v) is 10.3. The summed E-state index contributed by atoms with van der Waals surface area (Å²) in [5.41, 5.74) is -0.739. The van der Waals surface area contributed by atoms with E-state index in [-0.39, 0.29) is 21.6 Å². The fourth-order valence-corrected chi connectivity index (χ4v) is 5.39. The van der Waals surface area contributed by atoms with Crippen molar-refractivity contribution in [2.24, 2.45) is 5.92 Å². The highest BCUT2D eigenvalue weighted by atomic mass is 79.9. The SMILES string of the molecule is CCCCCCCCCCOC(=O)C1(c2c([N+](=O)[O-])cnc3cc(F)c(Br)cc23)CC(CC)C1. The summed E-state index contributed by atoms with van der Waals surface area (Å²) in [5, 5.41) is 12.3. The van der Waals surface area contributed by atoms with Gasteiger partial charge in [0.15, 0.2) is 0 Å². The smallest absolute Gasteiger partial charge is 0.316 e. The summed E-state index contributed by atoms with van der Waals surface area (Å²) in [7, 11) is 0. The van der Waals surface area contributed by atoms with Gasteiger partial charge in [0.25, 0.3) is 5.69 Å². The molecule has 6 nitrogen and oxygen atoms in total. The van der Waals surface area contributed by atoms with Crippen molar-refractivity contribution in [3.05, 3.63) is 44.3 Å². The van der Waals surface area contributed by atoms with Gasteiger partial charge in [-0.2, -0.15) is 0 Å². The van der Waals surface area contributed by atoms with Crippen LogP contribution in [0.3, 0.4) is 0 Å². The maximum atomic E-state index is 14.1. The number of pyridine rings is 1. The van der Waals surface area contributed by atoms with E-state index >= 15 is 0 Å². The van der Waals surface area contributed by atoms with Crippen LogP contribution in [-0.4, -0.2) is 22.5 Å². The molecule has 0 radical (unpaired) electrons. The standard InChI is InChI=1S/C26H34BrFN2O4/c1-3-5-6-7-8-9-10-11-12-34-25(31)26(15-18(4-2)16-26)24-19-13-20(27)21(28)14-22(19)29-17-23(24)30(32)33/h13-14,17-18H,3-12,15-16H2,1-2H3. The van der Waals surface area contributed by atoms with Crippen molar-refractivity contribution in [2.75, 3.05) is 6.61 Å². The third kappa shape index (κ3) is 5.75. The van der Waals surface area contributed by atoms with Crippen LogP contribution in [0.15, 0.2) is 22.8 Å². The Morgan fingerprint density at radius 2 is 1.82 bits per heavy atom. The zero-order valence-corrected chi connectivity index (χ0v) is 21.7. The summed E-state index contributed by atoms with van der Waals surface area (Å²) in [4.78, 5) is 29.0. The number of hydrogen-bond donors (Lipinski definition) is 0. The highest BCUT2D eigenvalue weighted by molar-refractivity contribution is 9.10. The second-order valence-electron chi connectivity index (χ2n) is 9.43. The number of benzene rings is 1. The predicted molar refractivity (Wildman–Crippen MR) is 134 cm³/mol. The molecule has 1 heterocycles. The van der Waals surface area contributed by atoms with Crippen molar-refractivity contribution < 1.29 is 18.8 Å². The van der Waals surface area contributed by atoms with E-state index in [1.165, 1.54) is 44.2 Å². The van der Waals surface area contributed by atoms with Gasteiger partial charge >= 0.3 is 5.97 Å². The molecule has 1 aliphatic rings. The molecule has 34 heavy (non-hydrogen) atoms. The predicted octanol–water partition coefficient (Wildman–Crippen LogP) is 7.79. The highest BCUT2D eigenvalue weighted by Gasteiger charge is 2.55.